The van der Waals surface area contributed by atoms with Crippen LogP contribution in [-0.2, 0) is 13.0 Å². The summed E-state index contributed by atoms with van der Waals surface area (Å²) in [5.74, 6) is 0.846. The van der Waals surface area contributed by atoms with Crippen molar-refractivity contribution in [3.05, 3.63) is 53.9 Å². The van der Waals surface area contributed by atoms with Crippen molar-refractivity contribution in [2.75, 3.05) is 7.05 Å². The zero-order chi connectivity index (χ0) is 11.2. The van der Waals surface area contributed by atoms with Gasteiger partial charge >= 0.3 is 0 Å². The number of rotatable bonds is 4. The predicted octanol–water partition coefficient (Wildman–Crippen LogP) is 1.18. The summed E-state index contributed by atoms with van der Waals surface area (Å²) in [5, 5.41) is 3.07. The number of hydrogen-bond acceptors (Lipinski definition) is 4. The molecule has 2 aromatic heterocycles. The molecule has 2 aromatic rings. The molecule has 0 aliphatic rings. The van der Waals surface area contributed by atoms with Gasteiger partial charge in [0.15, 0.2) is 0 Å². The van der Waals surface area contributed by atoms with Crippen LogP contribution in [0.1, 0.15) is 17.1 Å². The summed E-state index contributed by atoms with van der Waals surface area (Å²) < 4.78 is 0. The highest BCUT2D eigenvalue weighted by molar-refractivity contribution is 5.16. The molecule has 1 N–H and O–H groups in total. The molecule has 0 radical (unpaired) electrons. The molecule has 4 nitrogen and oxygen atoms in total. The standard InChI is InChI=1S/C12H14N4/c1-13-9-11-4-7-15-12(16-11)8-10-2-5-14-6-3-10/h2-7,13H,8-9H2,1H3. The molecule has 2 heterocycles. The number of aromatic nitrogens is 3. The highest BCUT2D eigenvalue weighted by Gasteiger charge is 2.00. The maximum absolute atomic E-state index is 4.46. The number of hydrogen-bond donors (Lipinski definition) is 1. The van der Waals surface area contributed by atoms with E-state index in [1.165, 1.54) is 5.56 Å². The highest BCUT2D eigenvalue weighted by atomic mass is 14.9. The molecule has 82 valence electrons. The lowest BCUT2D eigenvalue weighted by Crippen LogP contribution is -2.09. The van der Waals surface area contributed by atoms with E-state index >= 15 is 0 Å². The molecule has 0 spiro atoms. The molecule has 0 saturated heterocycles. The van der Waals surface area contributed by atoms with Crippen molar-refractivity contribution in [1.82, 2.24) is 20.3 Å². The van der Waals surface area contributed by atoms with Crippen molar-refractivity contribution in [3.8, 4) is 0 Å². The molecule has 0 aliphatic carbocycles. The summed E-state index contributed by atoms with van der Waals surface area (Å²) in [6.07, 6.45) is 6.12. The summed E-state index contributed by atoms with van der Waals surface area (Å²) in [6.45, 7) is 0.770. The molecular weight excluding hydrogens is 200 g/mol. The third kappa shape index (κ3) is 2.84. The first-order chi connectivity index (χ1) is 7.88. The molecule has 2 rings (SSSR count). The summed E-state index contributed by atoms with van der Waals surface area (Å²) in [6, 6.07) is 5.88. The van der Waals surface area contributed by atoms with Gasteiger partial charge < -0.3 is 5.32 Å². The first-order valence-corrected chi connectivity index (χ1v) is 5.23. The summed E-state index contributed by atoms with van der Waals surface area (Å²) in [4.78, 5) is 12.7. The van der Waals surface area contributed by atoms with Crippen LogP contribution < -0.4 is 5.32 Å². The van der Waals surface area contributed by atoms with Crippen LogP contribution in [0.15, 0.2) is 36.8 Å². The van der Waals surface area contributed by atoms with Crippen LogP contribution in [0.4, 0.5) is 0 Å². The molecule has 0 unspecified atom stereocenters. The van der Waals surface area contributed by atoms with E-state index in [2.05, 4.69) is 20.3 Å². The molecule has 0 aliphatic heterocycles. The lowest BCUT2D eigenvalue weighted by Gasteiger charge is -2.03. The Hall–Kier alpha value is -1.81. The van der Waals surface area contributed by atoms with Crippen LogP contribution >= 0.6 is 0 Å². The minimum atomic E-state index is 0.750. The second-order valence-corrected chi connectivity index (χ2v) is 3.53. The van der Waals surface area contributed by atoms with Gasteiger partial charge in [0.1, 0.15) is 5.82 Å². The molecule has 0 atom stereocenters. The van der Waals surface area contributed by atoms with Gasteiger partial charge in [-0.15, -0.1) is 0 Å². The van der Waals surface area contributed by atoms with E-state index in [4.69, 9.17) is 0 Å². The van der Waals surface area contributed by atoms with E-state index in [-0.39, 0.29) is 0 Å². The quantitative estimate of drug-likeness (QED) is 0.830. The fourth-order valence-electron chi connectivity index (χ4n) is 1.49. The average molecular weight is 214 g/mol. The summed E-state index contributed by atoms with van der Waals surface area (Å²) in [5.41, 5.74) is 2.19. The highest BCUT2D eigenvalue weighted by Crippen LogP contribution is 2.04. The Labute approximate surface area is 94.8 Å². The van der Waals surface area contributed by atoms with Gasteiger partial charge in [0.25, 0.3) is 0 Å². The molecule has 16 heavy (non-hydrogen) atoms. The Bertz CT molecular complexity index is 442. The smallest absolute Gasteiger partial charge is 0.132 e. The number of nitrogens with zero attached hydrogens (tertiary/aromatic N) is 3. The van der Waals surface area contributed by atoms with Crippen LogP contribution in [0.25, 0.3) is 0 Å². The van der Waals surface area contributed by atoms with Gasteiger partial charge in [0.05, 0.1) is 5.69 Å². The first kappa shape index (κ1) is 10.7. The van der Waals surface area contributed by atoms with Gasteiger partial charge in [-0.1, -0.05) is 0 Å². The van der Waals surface area contributed by atoms with Gasteiger partial charge in [-0.05, 0) is 30.8 Å². The van der Waals surface area contributed by atoms with Crippen LogP contribution in [0, 0.1) is 0 Å². The van der Waals surface area contributed by atoms with E-state index in [1.807, 2.05) is 25.2 Å². The second kappa shape index (κ2) is 5.32. The maximum Gasteiger partial charge on any atom is 0.132 e. The van der Waals surface area contributed by atoms with Crippen molar-refractivity contribution in [2.24, 2.45) is 0 Å². The van der Waals surface area contributed by atoms with E-state index in [0.717, 1.165) is 24.5 Å². The van der Waals surface area contributed by atoms with Crippen molar-refractivity contribution in [1.29, 1.82) is 0 Å². The molecule has 0 fully saturated rings. The second-order valence-electron chi connectivity index (χ2n) is 3.53. The largest absolute Gasteiger partial charge is 0.314 e. The minimum Gasteiger partial charge on any atom is -0.314 e. The molecule has 0 saturated carbocycles. The van der Waals surface area contributed by atoms with Gasteiger partial charge in [-0.2, -0.15) is 0 Å². The van der Waals surface area contributed by atoms with Crippen molar-refractivity contribution < 1.29 is 0 Å². The normalized spacial score (nSPS) is 10.3. The molecule has 4 heteroatoms. The SMILES string of the molecule is CNCc1ccnc(Cc2ccncc2)n1. The predicted molar refractivity (Wildman–Crippen MR) is 61.8 cm³/mol. The molecule has 0 amide bonds. The topological polar surface area (TPSA) is 50.7 Å². The maximum atomic E-state index is 4.46. The van der Waals surface area contributed by atoms with Crippen LogP contribution in [-0.4, -0.2) is 22.0 Å². The van der Waals surface area contributed by atoms with Crippen LogP contribution in [0.3, 0.4) is 0 Å². The zero-order valence-electron chi connectivity index (χ0n) is 9.22. The minimum absolute atomic E-state index is 0.750. The monoisotopic (exact) mass is 214 g/mol. The van der Waals surface area contributed by atoms with Crippen molar-refractivity contribution >= 4 is 0 Å². The van der Waals surface area contributed by atoms with E-state index < -0.39 is 0 Å². The summed E-state index contributed by atoms with van der Waals surface area (Å²) in [7, 11) is 1.91. The van der Waals surface area contributed by atoms with Gasteiger partial charge in [-0.3, -0.25) is 4.98 Å². The molecule has 0 bridgehead atoms. The Morgan fingerprint density at radius 3 is 2.69 bits per heavy atom. The zero-order valence-corrected chi connectivity index (χ0v) is 9.22. The Morgan fingerprint density at radius 1 is 1.12 bits per heavy atom. The Kier molecular flexibility index (Phi) is 3.56. The third-order valence-corrected chi connectivity index (χ3v) is 2.23. The fourth-order valence-corrected chi connectivity index (χ4v) is 1.49. The fraction of sp³-hybridized carbons (Fsp3) is 0.250. The van der Waals surface area contributed by atoms with Crippen LogP contribution in [0.5, 0.6) is 0 Å². The third-order valence-electron chi connectivity index (χ3n) is 2.23. The summed E-state index contributed by atoms with van der Waals surface area (Å²) >= 11 is 0. The van der Waals surface area contributed by atoms with E-state index in [9.17, 15) is 0 Å². The first-order valence-electron chi connectivity index (χ1n) is 5.23. The number of pyridine rings is 1. The lowest BCUT2D eigenvalue weighted by atomic mass is 10.2. The Morgan fingerprint density at radius 2 is 1.94 bits per heavy atom. The van der Waals surface area contributed by atoms with Gasteiger partial charge in [0.2, 0.25) is 0 Å². The average Bonchev–Trinajstić information content (AvgIpc) is 2.31. The van der Waals surface area contributed by atoms with Crippen molar-refractivity contribution in [2.45, 2.75) is 13.0 Å². The lowest BCUT2D eigenvalue weighted by molar-refractivity contribution is 0.772. The molecule has 0 aromatic carbocycles. The van der Waals surface area contributed by atoms with Gasteiger partial charge in [-0.25, -0.2) is 9.97 Å². The van der Waals surface area contributed by atoms with E-state index in [1.54, 1.807) is 18.6 Å². The Balaban J connectivity index is 2.12. The van der Waals surface area contributed by atoms with Crippen LogP contribution in [0.2, 0.25) is 0 Å². The van der Waals surface area contributed by atoms with Gasteiger partial charge in [0, 0.05) is 31.6 Å². The van der Waals surface area contributed by atoms with E-state index in [0.29, 0.717) is 0 Å². The molecular formula is C12H14N4. The van der Waals surface area contributed by atoms with Crippen molar-refractivity contribution in [3.63, 3.8) is 0 Å². The number of nitrogens with one attached hydrogen (secondary N) is 1.